The first kappa shape index (κ1) is 10.1. The Bertz CT molecular complexity index is 130. The minimum absolute atomic E-state index is 0.397. The van der Waals surface area contributed by atoms with E-state index in [9.17, 15) is 0 Å². The largest absolute Gasteiger partial charge is 0.327 e. The minimum Gasteiger partial charge on any atom is -0.327 e. The predicted octanol–water partition coefficient (Wildman–Crippen LogP) is 2.57. The highest BCUT2D eigenvalue weighted by atomic mass is 32.2. The van der Waals surface area contributed by atoms with E-state index in [0.29, 0.717) is 6.04 Å². The van der Waals surface area contributed by atoms with Crippen molar-refractivity contribution in [2.45, 2.75) is 43.4 Å². The van der Waals surface area contributed by atoms with Gasteiger partial charge in [-0.15, -0.1) is 6.58 Å². The molecule has 0 aromatic heterocycles. The van der Waals surface area contributed by atoms with Gasteiger partial charge in [0.2, 0.25) is 0 Å². The maximum absolute atomic E-state index is 6.07. The fourth-order valence-electron chi connectivity index (χ4n) is 1.60. The molecule has 0 bridgehead atoms. The summed E-state index contributed by atoms with van der Waals surface area (Å²) < 4.78 is 0. The third kappa shape index (κ3) is 3.20. The Labute approximate surface area is 79.8 Å². The van der Waals surface area contributed by atoms with Crippen molar-refractivity contribution < 1.29 is 0 Å². The highest BCUT2D eigenvalue weighted by Crippen LogP contribution is 2.28. The van der Waals surface area contributed by atoms with Gasteiger partial charge in [-0.2, -0.15) is 11.8 Å². The molecule has 0 amide bonds. The fraction of sp³-hybridized carbons (Fsp3) is 0.800. The minimum atomic E-state index is 0.397. The highest BCUT2D eigenvalue weighted by Gasteiger charge is 2.19. The molecule has 70 valence electrons. The van der Waals surface area contributed by atoms with E-state index in [2.05, 4.69) is 18.3 Å². The van der Waals surface area contributed by atoms with Crippen molar-refractivity contribution in [1.29, 1.82) is 0 Å². The van der Waals surface area contributed by atoms with Crippen molar-refractivity contribution in [2.24, 2.45) is 5.73 Å². The third-order valence-corrected chi connectivity index (χ3v) is 3.93. The predicted molar refractivity (Wildman–Crippen MR) is 57.5 cm³/mol. The van der Waals surface area contributed by atoms with E-state index in [4.69, 9.17) is 5.73 Å². The normalized spacial score (nSPS) is 26.6. The first-order valence-corrected chi connectivity index (χ1v) is 5.87. The summed E-state index contributed by atoms with van der Waals surface area (Å²) in [5.74, 6) is 1.31. The molecule has 1 saturated heterocycles. The molecule has 0 aromatic carbocycles. The lowest BCUT2D eigenvalue weighted by molar-refractivity contribution is 0.536. The van der Waals surface area contributed by atoms with Gasteiger partial charge in [-0.1, -0.05) is 12.5 Å². The number of nitrogens with two attached hydrogens (primary N) is 1. The van der Waals surface area contributed by atoms with Crippen LogP contribution in [0.1, 0.15) is 32.1 Å². The summed E-state index contributed by atoms with van der Waals surface area (Å²) in [5.41, 5.74) is 6.07. The Morgan fingerprint density at radius 3 is 3.00 bits per heavy atom. The molecule has 2 heteroatoms. The molecule has 0 aliphatic carbocycles. The Morgan fingerprint density at radius 2 is 2.42 bits per heavy atom. The van der Waals surface area contributed by atoms with Crippen LogP contribution in [0.25, 0.3) is 0 Å². The number of allylic oxidation sites excluding steroid dienone is 1. The van der Waals surface area contributed by atoms with E-state index in [1.54, 1.807) is 0 Å². The van der Waals surface area contributed by atoms with Gasteiger partial charge < -0.3 is 5.73 Å². The second-order valence-corrected chi connectivity index (χ2v) is 4.78. The van der Waals surface area contributed by atoms with Crippen LogP contribution in [0, 0.1) is 0 Å². The standard InChI is InChI=1S/C10H19NS/c1-2-3-6-9(11)10-7-4-5-8-12-10/h2,9-10H,1,3-8,11H2. The Kier molecular flexibility index (Phi) is 4.77. The van der Waals surface area contributed by atoms with E-state index in [1.807, 2.05) is 6.08 Å². The molecule has 2 atom stereocenters. The molecule has 2 unspecified atom stereocenters. The second kappa shape index (κ2) is 5.65. The molecular weight excluding hydrogens is 166 g/mol. The van der Waals surface area contributed by atoms with Gasteiger partial charge in [-0.05, 0) is 31.4 Å². The van der Waals surface area contributed by atoms with Crippen molar-refractivity contribution in [3.8, 4) is 0 Å². The molecule has 1 nitrogen and oxygen atoms in total. The smallest absolute Gasteiger partial charge is 0.0199 e. The third-order valence-electron chi connectivity index (χ3n) is 2.40. The van der Waals surface area contributed by atoms with Crippen molar-refractivity contribution >= 4 is 11.8 Å². The highest BCUT2D eigenvalue weighted by molar-refractivity contribution is 8.00. The molecule has 0 spiro atoms. The van der Waals surface area contributed by atoms with Gasteiger partial charge in [-0.3, -0.25) is 0 Å². The SMILES string of the molecule is C=CCCC(N)C1CCCCS1. The lowest BCUT2D eigenvalue weighted by atomic mass is 10.0. The van der Waals surface area contributed by atoms with Crippen LogP contribution in [-0.4, -0.2) is 17.0 Å². The van der Waals surface area contributed by atoms with Gasteiger partial charge in [0, 0.05) is 11.3 Å². The summed E-state index contributed by atoms with van der Waals surface area (Å²) >= 11 is 2.06. The van der Waals surface area contributed by atoms with Crippen LogP contribution in [0.2, 0.25) is 0 Å². The van der Waals surface area contributed by atoms with E-state index in [1.165, 1.54) is 25.0 Å². The van der Waals surface area contributed by atoms with Gasteiger partial charge in [0.25, 0.3) is 0 Å². The number of hydrogen-bond acceptors (Lipinski definition) is 2. The van der Waals surface area contributed by atoms with Crippen LogP contribution in [0.3, 0.4) is 0 Å². The van der Waals surface area contributed by atoms with Gasteiger partial charge >= 0.3 is 0 Å². The maximum Gasteiger partial charge on any atom is 0.0199 e. The summed E-state index contributed by atoms with van der Waals surface area (Å²) in [6.45, 7) is 3.72. The average Bonchev–Trinajstić information content (AvgIpc) is 2.15. The molecule has 2 N–H and O–H groups in total. The summed E-state index contributed by atoms with van der Waals surface area (Å²) in [7, 11) is 0. The van der Waals surface area contributed by atoms with Crippen LogP contribution in [0.15, 0.2) is 12.7 Å². The summed E-state index contributed by atoms with van der Waals surface area (Å²) in [6, 6.07) is 0.397. The first-order valence-electron chi connectivity index (χ1n) is 4.82. The van der Waals surface area contributed by atoms with Gasteiger partial charge in [0.1, 0.15) is 0 Å². The summed E-state index contributed by atoms with van der Waals surface area (Å²) in [4.78, 5) is 0. The molecule has 0 saturated carbocycles. The second-order valence-electron chi connectivity index (χ2n) is 3.43. The van der Waals surface area contributed by atoms with Crippen LogP contribution in [0.4, 0.5) is 0 Å². The lowest BCUT2D eigenvalue weighted by Gasteiger charge is -2.26. The average molecular weight is 185 g/mol. The molecule has 0 aromatic rings. The Balaban J connectivity index is 2.19. The summed E-state index contributed by atoms with van der Waals surface area (Å²) in [5, 5.41) is 0.721. The Hall–Kier alpha value is 0.0500. The molecule has 0 radical (unpaired) electrons. The van der Waals surface area contributed by atoms with Crippen molar-refractivity contribution in [1.82, 2.24) is 0 Å². The van der Waals surface area contributed by atoms with Crippen LogP contribution in [-0.2, 0) is 0 Å². The van der Waals surface area contributed by atoms with Crippen LogP contribution >= 0.6 is 11.8 Å². The van der Waals surface area contributed by atoms with Gasteiger partial charge in [-0.25, -0.2) is 0 Å². The monoisotopic (exact) mass is 185 g/mol. The number of rotatable bonds is 4. The molecule has 1 aliphatic heterocycles. The van der Waals surface area contributed by atoms with E-state index in [-0.39, 0.29) is 0 Å². The molecule has 1 fully saturated rings. The van der Waals surface area contributed by atoms with Crippen molar-refractivity contribution in [3.05, 3.63) is 12.7 Å². The number of hydrogen-bond donors (Lipinski definition) is 1. The molecule has 12 heavy (non-hydrogen) atoms. The Morgan fingerprint density at radius 1 is 1.58 bits per heavy atom. The van der Waals surface area contributed by atoms with Gasteiger partial charge in [0.05, 0.1) is 0 Å². The van der Waals surface area contributed by atoms with E-state index >= 15 is 0 Å². The van der Waals surface area contributed by atoms with E-state index < -0.39 is 0 Å². The van der Waals surface area contributed by atoms with E-state index in [0.717, 1.165) is 18.1 Å². The van der Waals surface area contributed by atoms with Crippen LogP contribution < -0.4 is 5.73 Å². The summed E-state index contributed by atoms with van der Waals surface area (Å²) in [6.07, 6.45) is 8.23. The quantitative estimate of drug-likeness (QED) is 0.681. The first-order chi connectivity index (χ1) is 5.84. The number of thioether (sulfide) groups is 1. The van der Waals surface area contributed by atoms with Gasteiger partial charge in [0.15, 0.2) is 0 Å². The molecule has 1 heterocycles. The molecule has 1 aliphatic rings. The maximum atomic E-state index is 6.07. The fourth-order valence-corrected chi connectivity index (χ4v) is 2.99. The zero-order valence-corrected chi connectivity index (χ0v) is 8.48. The zero-order chi connectivity index (χ0) is 8.81. The zero-order valence-electron chi connectivity index (χ0n) is 7.67. The lowest BCUT2D eigenvalue weighted by Crippen LogP contribution is -2.33. The molecule has 1 rings (SSSR count). The van der Waals surface area contributed by atoms with Crippen molar-refractivity contribution in [2.75, 3.05) is 5.75 Å². The van der Waals surface area contributed by atoms with Crippen LogP contribution in [0.5, 0.6) is 0 Å². The van der Waals surface area contributed by atoms with Crippen molar-refractivity contribution in [3.63, 3.8) is 0 Å². The molecular formula is C10H19NS. The topological polar surface area (TPSA) is 26.0 Å².